The highest BCUT2D eigenvalue weighted by atomic mass is 14.0. The summed E-state index contributed by atoms with van der Waals surface area (Å²) >= 11 is 0. The lowest BCUT2D eigenvalue weighted by Crippen LogP contribution is -1.88. The summed E-state index contributed by atoms with van der Waals surface area (Å²) in [5.41, 5.74) is 5.08. The average molecular weight is 145 g/mol. The van der Waals surface area contributed by atoms with Crippen molar-refractivity contribution in [1.29, 1.82) is 0 Å². The van der Waals surface area contributed by atoms with E-state index < -0.39 is 0 Å². The lowest BCUT2D eigenvalue weighted by Gasteiger charge is -2.06. The molecule has 11 heavy (non-hydrogen) atoms. The molecule has 0 aromatic heterocycles. The number of rotatable bonds is 1. The summed E-state index contributed by atoms with van der Waals surface area (Å²) < 4.78 is 0. The minimum atomic E-state index is 1.13. The van der Waals surface area contributed by atoms with Crippen molar-refractivity contribution < 1.29 is 0 Å². The first-order valence-corrected chi connectivity index (χ1v) is 3.78. The Morgan fingerprint density at radius 3 is 2.27 bits per heavy atom. The highest BCUT2D eigenvalue weighted by molar-refractivity contribution is 5.54. The van der Waals surface area contributed by atoms with Crippen molar-refractivity contribution in [2.75, 3.05) is 0 Å². The number of hydrogen-bond acceptors (Lipinski definition) is 0. The van der Waals surface area contributed by atoms with Crippen LogP contribution in [0.5, 0.6) is 0 Å². The van der Waals surface area contributed by atoms with E-state index in [-0.39, 0.29) is 0 Å². The summed E-state index contributed by atoms with van der Waals surface area (Å²) in [5, 5.41) is 0. The minimum absolute atomic E-state index is 1.13. The van der Waals surface area contributed by atoms with E-state index >= 15 is 0 Å². The van der Waals surface area contributed by atoms with Crippen molar-refractivity contribution in [3.05, 3.63) is 41.0 Å². The van der Waals surface area contributed by atoms with Gasteiger partial charge in [0.1, 0.15) is 0 Å². The van der Waals surface area contributed by atoms with E-state index in [1.54, 1.807) is 6.08 Å². The maximum atomic E-state index is 5.44. The van der Waals surface area contributed by atoms with E-state index in [1.165, 1.54) is 16.7 Å². The highest BCUT2D eigenvalue weighted by Crippen LogP contribution is 2.17. The standard InChI is InChI=1S/C11H13/c1-5-11-7-6-8(2)9(3)10(11)4/h1,5-7H,2-4H3. The Labute approximate surface area is 68.6 Å². The van der Waals surface area contributed by atoms with Crippen molar-refractivity contribution in [3.8, 4) is 0 Å². The Morgan fingerprint density at radius 2 is 1.73 bits per heavy atom. The van der Waals surface area contributed by atoms with Crippen LogP contribution in [-0.4, -0.2) is 0 Å². The van der Waals surface area contributed by atoms with Crippen LogP contribution in [0.2, 0.25) is 0 Å². The van der Waals surface area contributed by atoms with Gasteiger partial charge in [0, 0.05) is 0 Å². The molecule has 0 aliphatic rings. The van der Waals surface area contributed by atoms with Crippen LogP contribution in [0, 0.1) is 27.4 Å². The molecule has 0 amide bonds. The molecule has 57 valence electrons. The first kappa shape index (κ1) is 8.06. The Hall–Kier alpha value is -1.04. The summed E-state index contributed by atoms with van der Waals surface area (Å²) in [7, 11) is 0. The van der Waals surface area contributed by atoms with E-state index in [1.807, 2.05) is 0 Å². The third-order valence-electron chi connectivity index (χ3n) is 2.28. The third-order valence-corrected chi connectivity index (χ3v) is 2.28. The van der Waals surface area contributed by atoms with E-state index in [0.717, 1.165) is 5.56 Å². The maximum absolute atomic E-state index is 5.44. The molecular weight excluding hydrogens is 132 g/mol. The third kappa shape index (κ3) is 1.35. The van der Waals surface area contributed by atoms with Gasteiger partial charge in [-0.3, -0.25) is 0 Å². The molecule has 0 saturated carbocycles. The fourth-order valence-electron chi connectivity index (χ4n) is 1.16. The van der Waals surface area contributed by atoms with Gasteiger partial charge in [0.25, 0.3) is 0 Å². The molecular formula is C11H13. The molecule has 0 aliphatic heterocycles. The van der Waals surface area contributed by atoms with Gasteiger partial charge < -0.3 is 0 Å². The topological polar surface area (TPSA) is 0 Å². The summed E-state index contributed by atoms with van der Waals surface area (Å²) in [6, 6.07) is 4.15. The van der Waals surface area contributed by atoms with Crippen LogP contribution in [-0.2, 0) is 0 Å². The quantitative estimate of drug-likeness (QED) is 0.569. The molecule has 0 nitrogen and oxygen atoms in total. The molecule has 1 aromatic carbocycles. The highest BCUT2D eigenvalue weighted by Gasteiger charge is 1.99. The smallest absolute Gasteiger partial charge is 0.0225 e. The normalized spacial score (nSPS) is 9.73. The summed E-state index contributed by atoms with van der Waals surface area (Å²) in [5.74, 6) is 0. The molecule has 0 aliphatic carbocycles. The SMILES string of the molecule is [CH]=Cc1ccc(C)c(C)c1C. The van der Waals surface area contributed by atoms with Crippen LogP contribution < -0.4 is 0 Å². The van der Waals surface area contributed by atoms with Gasteiger partial charge in [-0.05, 0) is 43.0 Å². The monoisotopic (exact) mass is 145 g/mol. The van der Waals surface area contributed by atoms with Crippen LogP contribution in [0.4, 0.5) is 0 Å². The predicted molar refractivity (Wildman–Crippen MR) is 49.4 cm³/mol. The first-order valence-electron chi connectivity index (χ1n) is 3.78. The second-order valence-electron chi connectivity index (χ2n) is 2.89. The van der Waals surface area contributed by atoms with Gasteiger partial charge in [-0.25, -0.2) is 0 Å². The summed E-state index contributed by atoms with van der Waals surface area (Å²) in [4.78, 5) is 0. The predicted octanol–water partition coefficient (Wildman–Crippen LogP) is 3.06. The molecule has 0 bridgehead atoms. The van der Waals surface area contributed by atoms with Gasteiger partial charge in [-0.1, -0.05) is 24.8 Å². The van der Waals surface area contributed by atoms with E-state index in [2.05, 4.69) is 32.9 Å². The first-order chi connectivity index (χ1) is 5.16. The lowest BCUT2D eigenvalue weighted by molar-refractivity contribution is 1.26. The number of hydrogen-bond donors (Lipinski definition) is 0. The molecule has 0 spiro atoms. The molecule has 0 fully saturated rings. The molecule has 1 rings (SSSR count). The van der Waals surface area contributed by atoms with Crippen LogP contribution >= 0.6 is 0 Å². The fraction of sp³-hybridized carbons (Fsp3) is 0.273. The zero-order valence-corrected chi connectivity index (χ0v) is 7.31. The maximum Gasteiger partial charge on any atom is -0.0225 e. The molecule has 1 aromatic rings. The molecule has 0 unspecified atom stereocenters. The van der Waals surface area contributed by atoms with Crippen molar-refractivity contribution in [2.45, 2.75) is 20.8 Å². The molecule has 0 heteroatoms. The van der Waals surface area contributed by atoms with Crippen molar-refractivity contribution in [1.82, 2.24) is 0 Å². The Kier molecular flexibility index (Phi) is 2.13. The Morgan fingerprint density at radius 1 is 1.09 bits per heavy atom. The zero-order chi connectivity index (χ0) is 8.43. The molecule has 0 N–H and O–H groups in total. The van der Waals surface area contributed by atoms with Gasteiger partial charge in [-0.15, -0.1) is 0 Å². The van der Waals surface area contributed by atoms with Crippen LogP contribution in [0.3, 0.4) is 0 Å². The Bertz CT molecular complexity index is 282. The van der Waals surface area contributed by atoms with Gasteiger partial charge in [0.2, 0.25) is 0 Å². The van der Waals surface area contributed by atoms with Crippen LogP contribution in [0.15, 0.2) is 12.1 Å². The van der Waals surface area contributed by atoms with Gasteiger partial charge in [0.05, 0.1) is 0 Å². The summed E-state index contributed by atoms with van der Waals surface area (Å²) in [6.07, 6.45) is 1.65. The average Bonchev–Trinajstić information content (AvgIpc) is 2.01. The molecule has 0 saturated heterocycles. The summed E-state index contributed by atoms with van der Waals surface area (Å²) in [6.45, 7) is 11.8. The lowest BCUT2D eigenvalue weighted by atomic mass is 9.99. The number of benzene rings is 1. The van der Waals surface area contributed by atoms with Crippen molar-refractivity contribution >= 4 is 6.08 Å². The van der Waals surface area contributed by atoms with Crippen molar-refractivity contribution in [3.63, 3.8) is 0 Å². The second-order valence-corrected chi connectivity index (χ2v) is 2.89. The van der Waals surface area contributed by atoms with Crippen molar-refractivity contribution in [2.24, 2.45) is 0 Å². The molecule has 0 atom stereocenters. The number of aryl methyl sites for hydroxylation is 1. The van der Waals surface area contributed by atoms with Gasteiger partial charge >= 0.3 is 0 Å². The Balaban J connectivity index is 3.36. The second kappa shape index (κ2) is 2.91. The molecule has 1 radical (unpaired) electrons. The minimum Gasteiger partial charge on any atom is -0.0616 e. The zero-order valence-electron chi connectivity index (χ0n) is 7.31. The molecule has 0 heterocycles. The van der Waals surface area contributed by atoms with Gasteiger partial charge in [0.15, 0.2) is 0 Å². The van der Waals surface area contributed by atoms with Gasteiger partial charge in [-0.2, -0.15) is 0 Å². The fourth-order valence-corrected chi connectivity index (χ4v) is 1.16. The van der Waals surface area contributed by atoms with E-state index in [4.69, 9.17) is 6.58 Å². The van der Waals surface area contributed by atoms with Crippen LogP contribution in [0.25, 0.3) is 6.08 Å². The van der Waals surface area contributed by atoms with Crippen LogP contribution in [0.1, 0.15) is 22.3 Å². The van der Waals surface area contributed by atoms with E-state index in [9.17, 15) is 0 Å². The largest absolute Gasteiger partial charge is 0.0616 e. The van der Waals surface area contributed by atoms with E-state index in [0.29, 0.717) is 0 Å².